The molecule has 2 heterocycles. The summed E-state index contributed by atoms with van der Waals surface area (Å²) in [6.07, 6.45) is 3.42. The standard InChI is InChI=1S/C17H15N3O4/c1-23-12-4-3-11(15(7-12)24-2)8-20-10-19-16-13(17(20)22)5-6-18-14(16)9-21/h3-7,9-10H,8H2,1-2H3. The van der Waals surface area contributed by atoms with Crippen LogP contribution in [0.15, 0.2) is 41.6 Å². The van der Waals surface area contributed by atoms with Crippen LogP contribution in [-0.4, -0.2) is 35.0 Å². The molecule has 1 aromatic carbocycles. The lowest BCUT2D eigenvalue weighted by Gasteiger charge is -2.12. The number of fused-ring (bicyclic) bond motifs is 1. The highest BCUT2D eigenvalue weighted by atomic mass is 16.5. The van der Waals surface area contributed by atoms with Crippen molar-refractivity contribution in [3.05, 3.63) is 58.4 Å². The van der Waals surface area contributed by atoms with Crippen LogP contribution < -0.4 is 15.0 Å². The molecular weight excluding hydrogens is 310 g/mol. The number of carbonyl (C=O) groups excluding carboxylic acids is 1. The molecule has 0 radical (unpaired) electrons. The smallest absolute Gasteiger partial charge is 0.261 e. The molecule has 0 saturated carbocycles. The van der Waals surface area contributed by atoms with Gasteiger partial charge in [0.05, 0.1) is 32.5 Å². The molecule has 0 aliphatic heterocycles. The molecule has 0 aliphatic carbocycles. The minimum atomic E-state index is -0.247. The number of rotatable bonds is 5. The molecule has 0 atom stereocenters. The van der Waals surface area contributed by atoms with Gasteiger partial charge in [-0.15, -0.1) is 0 Å². The van der Waals surface area contributed by atoms with Gasteiger partial charge in [0.2, 0.25) is 0 Å². The van der Waals surface area contributed by atoms with Gasteiger partial charge in [0.25, 0.3) is 5.56 Å². The number of methoxy groups -OCH3 is 2. The molecule has 122 valence electrons. The molecule has 24 heavy (non-hydrogen) atoms. The lowest BCUT2D eigenvalue weighted by Crippen LogP contribution is -2.22. The van der Waals surface area contributed by atoms with Gasteiger partial charge in [-0.1, -0.05) is 0 Å². The van der Waals surface area contributed by atoms with E-state index in [2.05, 4.69) is 9.97 Å². The van der Waals surface area contributed by atoms with Crippen molar-refractivity contribution in [3.63, 3.8) is 0 Å². The van der Waals surface area contributed by atoms with E-state index in [-0.39, 0.29) is 17.8 Å². The summed E-state index contributed by atoms with van der Waals surface area (Å²) >= 11 is 0. The second-order valence-electron chi connectivity index (χ2n) is 5.07. The zero-order valence-electron chi connectivity index (χ0n) is 13.2. The first kappa shape index (κ1) is 15.7. The Morgan fingerprint density at radius 1 is 1.17 bits per heavy atom. The van der Waals surface area contributed by atoms with Crippen LogP contribution in [0.4, 0.5) is 0 Å². The van der Waals surface area contributed by atoms with Crippen LogP contribution in [0.2, 0.25) is 0 Å². The van der Waals surface area contributed by atoms with E-state index in [9.17, 15) is 9.59 Å². The largest absolute Gasteiger partial charge is 0.497 e. The van der Waals surface area contributed by atoms with Gasteiger partial charge in [-0.3, -0.25) is 19.1 Å². The van der Waals surface area contributed by atoms with Gasteiger partial charge in [-0.05, 0) is 18.2 Å². The highest BCUT2D eigenvalue weighted by Gasteiger charge is 2.11. The fraction of sp³-hybridized carbons (Fsp3) is 0.176. The predicted molar refractivity (Wildman–Crippen MR) is 87.8 cm³/mol. The van der Waals surface area contributed by atoms with E-state index in [4.69, 9.17) is 9.47 Å². The highest BCUT2D eigenvalue weighted by Crippen LogP contribution is 2.25. The minimum absolute atomic E-state index is 0.152. The number of benzene rings is 1. The normalized spacial score (nSPS) is 10.6. The van der Waals surface area contributed by atoms with Crippen molar-refractivity contribution in [2.45, 2.75) is 6.54 Å². The van der Waals surface area contributed by atoms with Gasteiger partial charge in [0.1, 0.15) is 22.7 Å². The average Bonchev–Trinajstić information content (AvgIpc) is 2.63. The lowest BCUT2D eigenvalue weighted by atomic mass is 10.2. The number of hydrogen-bond acceptors (Lipinski definition) is 6. The molecule has 3 rings (SSSR count). The van der Waals surface area contributed by atoms with Gasteiger partial charge < -0.3 is 9.47 Å². The summed E-state index contributed by atoms with van der Waals surface area (Å²) in [6, 6.07) is 6.94. The first-order chi connectivity index (χ1) is 11.7. The Morgan fingerprint density at radius 2 is 2.00 bits per heavy atom. The van der Waals surface area contributed by atoms with E-state index >= 15 is 0 Å². The Labute approximate surface area is 137 Å². The molecule has 0 amide bonds. The van der Waals surface area contributed by atoms with Crippen molar-refractivity contribution in [2.24, 2.45) is 0 Å². The Hall–Kier alpha value is -3.22. The van der Waals surface area contributed by atoms with Gasteiger partial charge in [-0.2, -0.15) is 0 Å². The molecule has 7 heteroatoms. The van der Waals surface area contributed by atoms with Gasteiger partial charge in [-0.25, -0.2) is 4.98 Å². The molecule has 3 aromatic rings. The fourth-order valence-electron chi connectivity index (χ4n) is 2.48. The lowest BCUT2D eigenvalue weighted by molar-refractivity contribution is 0.112. The molecule has 0 spiro atoms. The molecule has 7 nitrogen and oxygen atoms in total. The van der Waals surface area contributed by atoms with Crippen molar-refractivity contribution < 1.29 is 14.3 Å². The Kier molecular flexibility index (Phi) is 4.24. The Morgan fingerprint density at radius 3 is 2.71 bits per heavy atom. The Balaban J connectivity index is 2.07. The number of carbonyl (C=O) groups is 1. The molecular formula is C17H15N3O4. The third-order valence-electron chi connectivity index (χ3n) is 3.72. The number of nitrogens with zero attached hydrogens (tertiary/aromatic N) is 3. The first-order valence-electron chi connectivity index (χ1n) is 7.18. The fourth-order valence-corrected chi connectivity index (χ4v) is 2.48. The number of aldehydes is 1. The quantitative estimate of drug-likeness (QED) is 0.664. The van der Waals surface area contributed by atoms with Crippen LogP contribution >= 0.6 is 0 Å². The number of aromatic nitrogens is 3. The summed E-state index contributed by atoms with van der Waals surface area (Å²) in [6.45, 7) is 0.285. The molecule has 0 unspecified atom stereocenters. The van der Waals surface area contributed by atoms with E-state index in [1.807, 2.05) is 6.07 Å². The van der Waals surface area contributed by atoms with Crippen LogP contribution in [0.1, 0.15) is 16.1 Å². The average molecular weight is 325 g/mol. The third kappa shape index (κ3) is 2.71. The van der Waals surface area contributed by atoms with E-state index in [0.717, 1.165) is 5.56 Å². The summed E-state index contributed by atoms with van der Waals surface area (Å²) in [5, 5.41) is 0.349. The zero-order valence-corrected chi connectivity index (χ0v) is 13.2. The van der Waals surface area contributed by atoms with E-state index in [0.29, 0.717) is 28.7 Å². The van der Waals surface area contributed by atoms with Gasteiger partial charge in [0, 0.05) is 17.8 Å². The van der Waals surface area contributed by atoms with Crippen molar-refractivity contribution in [1.82, 2.24) is 14.5 Å². The molecule has 0 N–H and O–H groups in total. The van der Waals surface area contributed by atoms with Crippen LogP contribution in [0, 0.1) is 0 Å². The molecule has 0 saturated heterocycles. The monoisotopic (exact) mass is 325 g/mol. The summed E-state index contributed by atoms with van der Waals surface area (Å²) < 4.78 is 12.0. The second kappa shape index (κ2) is 6.49. The molecule has 0 fully saturated rings. The Bertz CT molecular complexity index is 966. The zero-order chi connectivity index (χ0) is 17.1. The number of hydrogen-bond donors (Lipinski definition) is 0. The van der Waals surface area contributed by atoms with E-state index in [1.54, 1.807) is 32.4 Å². The predicted octanol–water partition coefficient (Wildman–Crippen LogP) is 1.67. The maximum Gasteiger partial charge on any atom is 0.261 e. The van der Waals surface area contributed by atoms with E-state index < -0.39 is 0 Å². The summed E-state index contributed by atoms with van der Waals surface area (Å²) in [4.78, 5) is 31.8. The highest BCUT2D eigenvalue weighted by molar-refractivity contribution is 5.92. The van der Waals surface area contributed by atoms with E-state index in [1.165, 1.54) is 17.1 Å². The minimum Gasteiger partial charge on any atom is -0.497 e. The number of ether oxygens (including phenoxy) is 2. The van der Waals surface area contributed by atoms with Crippen molar-refractivity contribution in [3.8, 4) is 11.5 Å². The van der Waals surface area contributed by atoms with Crippen molar-refractivity contribution in [1.29, 1.82) is 0 Å². The van der Waals surface area contributed by atoms with Gasteiger partial charge in [0.15, 0.2) is 6.29 Å². The second-order valence-corrected chi connectivity index (χ2v) is 5.07. The maximum absolute atomic E-state index is 12.6. The van der Waals surface area contributed by atoms with Crippen molar-refractivity contribution in [2.75, 3.05) is 14.2 Å². The SMILES string of the molecule is COc1ccc(Cn2cnc3c(C=O)nccc3c2=O)c(OC)c1. The van der Waals surface area contributed by atoms with Crippen LogP contribution in [0.3, 0.4) is 0 Å². The summed E-state index contributed by atoms with van der Waals surface area (Å²) in [5.74, 6) is 1.28. The van der Waals surface area contributed by atoms with Crippen LogP contribution in [0.25, 0.3) is 10.9 Å². The topological polar surface area (TPSA) is 83.3 Å². The van der Waals surface area contributed by atoms with Crippen LogP contribution in [0.5, 0.6) is 11.5 Å². The van der Waals surface area contributed by atoms with Crippen LogP contribution in [-0.2, 0) is 6.54 Å². The molecule has 0 aliphatic rings. The van der Waals surface area contributed by atoms with Gasteiger partial charge >= 0.3 is 0 Å². The summed E-state index contributed by atoms with van der Waals surface area (Å²) in [5.41, 5.74) is 1.02. The summed E-state index contributed by atoms with van der Waals surface area (Å²) in [7, 11) is 3.13. The molecule has 0 bridgehead atoms. The molecule has 2 aromatic heterocycles. The first-order valence-corrected chi connectivity index (χ1v) is 7.18. The maximum atomic E-state index is 12.6. The third-order valence-corrected chi connectivity index (χ3v) is 3.72. The van der Waals surface area contributed by atoms with Crippen molar-refractivity contribution >= 4 is 17.2 Å². The number of pyridine rings is 1.